The average molecular weight is 399 g/mol. The number of thiophene rings is 1. The van der Waals surface area contributed by atoms with Gasteiger partial charge in [0, 0.05) is 11.4 Å². The maximum atomic E-state index is 12.2. The van der Waals surface area contributed by atoms with E-state index in [1.807, 2.05) is 31.7 Å². The summed E-state index contributed by atoms with van der Waals surface area (Å²) in [5.41, 5.74) is 0.462. The molecule has 1 N–H and O–H groups in total. The SMILES string of the molecule is CCOC(=O)c1cc(/C=C2\SC(=O)N(CC)C2=S)sc1NC=[N+](C)C. The highest BCUT2D eigenvalue weighted by atomic mass is 32.2. The molecule has 1 aliphatic heterocycles. The molecule has 2 heterocycles. The fourth-order valence-electron chi connectivity index (χ4n) is 2.04. The highest BCUT2D eigenvalue weighted by molar-refractivity contribution is 8.19. The summed E-state index contributed by atoms with van der Waals surface area (Å²) < 4.78 is 6.96. The minimum atomic E-state index is -0.383. The fraction of sp³-hybridized carbons (Fsp3) is 0.375. The number of likely N-dealkylation sites (N-methyl/N-ethyl adjacent to an activating group) is 1. The lowest BCUT2D eigenvalue weighted by molar-refractivity contribution is -0.459. The van der Waals surface area contributed by atoms with Crippen molar-refractivity contribution in [3.05, 3.63) is 21.4 Å². The number of thioether (sulfide) groups is 1. The van der Waals surface area contributed by atoms with Crippen molar-refractivity contribution in [3.63, 3.8) is 0 Å². The van der Waals surface area contributed by atoms with Crippen LogP contribution in [0, 0.1) is 0 Å². The molecule has 25 heavy (non-hydrogen) atoms. The van der Waals surface area contributed by atoms with E-state index in [1.165, 1.54) is 11.3 Å². The normalized spacial score (nSPS) is 15.7. The van der Waals surface area contributed by atoms with Crippen LogP contribution >= 0.6 is 35.3 Å². The zero-order chi connectivity index (χ0) is 18.6. The van der Waals surface area contributed by atoms with Crippen LogP contribution in [0.25, 0.3) is 6.08 Å². The molecule has 9 heteroatoms. The highest BCUT2D eigenvalue weighted by Gasteiger charge is 2.30. The Balaban J connectivity index is 2.36. The van der Waals surface area contributed by atoms with Crippen LogP contribution in [-0.4, -0.2) is 59.3 Å². The molecule has 0 radical (unpaired) electrons. The van der Waals surface area contributed by atoms with E-state index in [4.69, 9.17) is 17.0 Å². The predicted molar refractivity (Wildman–Crippen MR) is 108 cm³/mol. The molecule has 0 spiro atoms. The number of hydrogen-bond acceptors (Lipinski definition) is 6. The molecule has 1 aromatic heterocycles. The lowest BCUT2D eigenvalue weighted by Crippen LogP contribution is -2.26. The lowest BCUT2D eigenvalue weighted by atomic mass is 10.2. The largest absolute Gasteiger partial charge is 0.462 e. The number of amides is 1. The molecule has 0 unspecified atom stereocenters. The van der Waals surface area contributed by atoms with Crippen LogP contribution in [0.15, 0.2) is 11.0 Å². The van der Waals surface area contributed by atoms with Gasteiger partial charge in [-0.2, -0.15) is 0 Å². The van der Waals surface area contributed by atoms with Gasteiger partial charge in [0.15, 0.2) is 5.00 Å². The van der Waals surface area contributed by atoms with Crippen molar-refractivity contribution in [3.8, 4) is 0 Å². The molecular weight excluding hydrogens is 378 g/mol. The Morgan fingerprint density at radius 2 is 2.16 bits per heavy atom. The Kier molecular flexibility index (Phi) is 6.74. The van der Waals surface area contributed by atoms with Gasteiger partial charge in [0.2, 0.25) is 6.34 Å². The Morgan fingerprint density at radius 1 is 1.44 bits per heavy atom. The van der Waals surface area contributed by atoms with E-state index in [9.17, 15) is 9.59 Å². The number of nitrogens with one attached hydrogen (secondary N) is 1. The molecule has 0 bridgehead atoms. The number of carbonyl (C=O) groups is 2. The number of anilines is 1. The topological polar surface area (TPSA) is 61.7 Å². The summed E-state index contributed by atoms with van der Waals surface area (Å²) in [7, 11) is 3.76. The highest BCUT2D eigenvalue weighted by Crippen LogP contribution is 2.36. The second kappa shape index (κ2) is 8.59. The second-order valence-electron chi connectivity index (χ2n) is 5.28. The number of ether oxygens (including phenoxy) is 1. The lowest BCUT2D eigenvalue weighted by Gasteiger charge is -2.09. The van der Waals surface area contributed by atoms with Crippen LogP contribution in [0.2, 0.25) is 0 Å². The summed E-state index contributed by atoms with van der Waals surface area (Å²) in [6.07, 6.45) is 3.59. The van der Waals surface area contributed by atoms with Gasteiger partial charge in [-0.3, -0.25) is 14.3 Å². The Labute approximate surface area is 160 Å². The van der Waals surface area contributed by atoms with Gasteiger partial charge in [0.1, 0.15) is 10.6 Å². The number of thiocarbonyl (C=S) groups is 1. The summed E-state index contributed by atoms with van der Waals surface area (Å²) in [6.45, 7) is 4.51. The van der Waals surface area contributed by atoms with Crippen LogP contribution < -0.4 is 5.32 Å². The summed E-state index contributed by atoms with van der Waals surface area (Å²) in [5.74, 6) is -0.383. The van der Waals surface area contributed by atoms with Crippen LogP contribution in [0.1, 0.15) is 29.1 Å². The summed E-state index contributed by atoms with van der Waals surface area (Å²) in [5, 5.41) is 3.73. The number of hydrogen-bond donors (Lipinski definition) is 1. The van der Waals surface area contributed by atoms with Crippen LogP contribution in [-0.2, 0) is 4.74 Å². The van der Waals surface area contributed by atoms with Gasteiger partial charge in [-0.25, -0.2) is 10.1 Å². The summed E-state index contributed by atoms with van der Waals surface area (Å²) in [6, 6.07) is 1.75. The first-order chi connectivity index (χ1) is 11.9. The molecule has 134 valence electrons. The quantitative estimate of drug-likeness (QED) is 0.198. The number of rotatable bonds is 6. The first kappa shape index (κ1) is 19.6. The molecular formula is C16H20N3O3S3+. The predicted octanol–water partition coefficient (Wildman–Crippen LogP) is 3.49. The molecule has 1 aliphatic rings. The molecule has 1 aromatic rings. The average Bonchev–Trinajstić information content (AvgIpc) is 3.07. The standard InChI is InChI=1S/C16H19N3O3S3/c1-5-19-14(23)12(25-16(19)21)8-10-7-11(15(20)22-6-2)13(24-10)17-9-18(3)4/h7-9H,5-6H2,1-4H3/p+1/b12-8-. The van der Waals surface area contributed by atoms with E-state index < -0.39 is 0 Å². The van der Waals surface area contributed by atoms with Gasteiger partial charge < -0.3 is 4.74 Å². The Morgan fingerprint density at radius 3 is 2.72 bits per heavy atom. The van der Waals surface area contributed by atoms with E-state index in [0.29, 0.717) is 28.7 Å². The first-order valence-corrected chi connectivity index (χ1v) is 9.74. The van der Waals surface area contributed by atoms with E-state index >= 15 is 0 Å². The second-order valence-corrected chi connectivity index (χ2v) is 7.74. The van der Waals surface area contributed by atoms with E-state index in [0.717, 1.165) is 21.5 Å². The molecule has 6 nitrogen and oxygen atoms in total. The van der Waals surface area contributed by atoms with Crippen molar-refractivity contribution in [2.75, 3.05) is 32.6 Å². The maximum Gasteiger partial charge on any atom is 0.343 e. The van der Waals surface area contributed by atoms with Crippen LogP contribution in [0.4, 0.5) is 9.80 Å². The van der Waals surface area contributed by atoms with Gasteiger partial charge >= 0.3 is 5.97 Å². The van der Waals surface area contributed by atoms with Crippen molar-refractivity contribution in [1.82, 2.24) is 4.90 Å². The monoisotopic (exact) mass is 398 g/mol. The van der Waals surface area contributed by atoms with Crippen molar-refractivity contribution >= 4 is 68.9 Å². The van der Waals surface area contributed by atoms with Gasteiger partial charge in [-0.05, 0) is 37.8 Å². The Hall–Kier alpha value is -1.71. The molecule has 1 fully saturated rings. The Bertz CT molecular complexity index is 764. The third-order valence-electron chi connectivity index (χ3n) is 3.16. The van der Waals surface area contributed by atoms with Crippen LogP contribution in [0.5, 0.6) is 0 Å². The molecule has 2 rings (SSSR count). The third kappa shape index (κ3) is 4.68. The zero-order valence-electron chi connectivity index (χ0n) is 14.5. The fourth-order valence-corrected chi connectivity index (χ4v) is 4.42. The van der Waals surface area contributed by atoms with Gasteiger partial charge in [-0.15, -0.1) is 0 Å². The maximum absolute atomic E-state index is 12.2. The summed E-state index contributed by atoms with van der Waals surface area (Å²) >= 11 is 7.88. The van der Waals surface area contributed by atoms with Crippen molar-refractivity contribution in [1.29, 1.82) is 0 Å². The van der Waals surface area contributed by atoms with E-state index in [1.54, 1.807) is 24.2 Å². The minimum absolute atomic E-state index is 0.0692. The van der Waals surface area contributed by atoms with Gasteiger partial charge in [0.25, 0.3) is 5.24 Å². The molecule has 0 aliphatic carbocycles. The number of nitrogens with zero attached hydrogens (tertiary/aromatic N) is 2. The number of esters is 1. The molecule has 0 aromatic carbocycles. The minimum Gasteiger partial charge on any atom is -0.462 e. The summed E-state index contributed by atoms with van der Waals surface area (Å²) in [4.78, 5) is 27.7. The van der Waals surface area contributed by atoms with Gasteiger partial charge in [0.05, 0.1) is 25.6 Å². The zero-order valence-corrected chi connectivity index (χ0v) is 16.9. The molecule has 1 saturated heterocycles. The molecule has 0 saturated carbocycles. The van der Waals surface area contributed by atoms with Crippen LogP contribution in [0.3, 0.4) is 0 Å². The van der Waals surface area contributed by atoms with E-state index in [-0.39, 0.29) is 11.2 Å². The first-order valence-electron chi connectivity index (χ1n) is 7.70. The molecule has 0 atom stereocenters. The van der Waals surface area contributed by atoms with E-state index in [2.05, 4.69) is 5.32 Å². The molecule has 1 amide bonds. The third-order valence-corrected chi connectivity index (χ3v) is 5.67. The van der Waals surface area contributed by atoms with Crippen molar-refractivity contribution < 1.29 is 18.9 Å². The van der Waals surface area contributed by atoms with Gasteiger partial charge in [-0.1, -0.05) is 23.6 Å². The number of carbonyl (C=O) groups excluding carboxylic acids is 2. The van der Waals surface area contributed by atoms with Crippen molar-refractivity contribution in [2.24, 2.45) is 0 Å². The van der Waals surface area contributed by atoms with Crippen molar-refractivity contribution in [2.45, 2.75) is 13.8 Å². The smallest absolute Gasteiger partial charge is 0.343 e.